The molecule has 2 N–H and O–H groups in total. The summed E-state index contributed by atoms with van der Waals surface area (Å²) in [5.74, 6) is -0.749. The van der Waals surface area contributed by atoms with Gasteiger partial charge in [-0.15, -0.1) is 0 Å². The minimum Gasteiger partial charge on any atom is -0.479 e. The standard InChI is InChI=1S/C17H24N2O3/c1-12(2)10-19-9-8-14(11-19)16(20)18-15(17(21)22)13-6-4-3-5-7-13/h3-7,12,14-15H,8-11H2,1-2H3,(H,18,20)(H,21,22)/t14-,15-/m1/s1. The smallest absolute Gasteiger partial charge is 0.330 e. The first-order valence-corrected chi connectivity index (χ1v) is 7.78. The van der Waals surface area contributed by atoms with Gasteiger partial charge in [-0.05, 0) is 24.4 Å². The van der Waals surface area contributed by atoms with Crippen LogP contribution in [0.2, 0.25) is 0 Å². The number of amides is 1. The molecule has 0 aliphatic carbocycles. The van der Waals surface area contributed by atoms with Gasteiger partial charge in [0.1, 0.15) is 0 Å². The number of nitrogens with one attached hydrogen (secondary N) is 1. The molecule has 2 atom stereocenters. The Morgan fingerprint density at radius 2 is 2.00 bits per heavy atom. The van der Waals surface area contributed by atoms with E-state index < -0.39 is 12.0 Å². The highest BCUT2D eigenvalue weighted by molar-refractivity contribution is 5.86. The summed E-state index contributed by atoms with van der Waals surface area (Å²) in [4.78, 5) is 26.1. The van der Waals surface area contributed by atoms with Crippen LogP contribution in [0.1, 0.15) is 31.9 Å². The number of aliphatic carboxylic acids is 1. The minimum absolute atomic E-state index is 0.121. The molecular formula is C17H24N2O3. The zero-order valence-corrected chi connectivity index (χ0v) is 13.2. The molecule has 0 radical (unpaired) electrons. The maximum absolute atomic E-state index is 12.4. The average molecular weight is 304 g/mol. The van der Waals surface area contributed by atoms with Crippen LogP contribution in [-0.2, 0) is 9.59 Å². The summed E-state index contributed by atoms with van der Waals surface area (Å²) in [6.07, 6.45) is 0.791. The quantitative estimate of drug-likeness (QED) is 0.842. The fourth-order valence-corrected chi connectivity index (χ4v) is 2.92. The number of carbonyl (C=O) groups is 2. The van der Waals surface area contributed by atoms with Crippen molar-refractivity contribution >= 4 is 11.9 Å². The Labute approximate surface area is 131 Å². The van der Waals surface area contributed by atoms with Crippen molar-refractivity contribution in [1.82, 2.24) is 10.2 Å². The van der Waals surface area contributed by atoms with Crippen molar-refractivity contribution < 1.29 is 14.7 Å². The van der Waals surface area contributed by atoms with Gasteiger partial charge in [-0.3, -0.25) is 4.79 Å². The fourth-order valence-electron chi connectivity index (χ4n) is 2.92. The van der Waals surface area contributed by atoms with E-state index in [4.69, 9.17) is 0 Å². The first-order valence-electron chi connectivity index (χ1n) is 7.78. The number of carboxylic acids is 1. The third kappa shape index (κ3) is 4.31. The third-order valence-electron chi connectivity index (χ3n) is 3.93. The Morgan fingerprint density at radius 3 is 2.59 bits per heavy atom. The summed E-state index contributed by atoms with van der Waals surface area (Å²) in [7, 11) is 0. The van der Waals surface area contributed by atoms with Crippen molar-refractivity contribution in [3.8, 4) is 0 Å². The molecule has 1 amide bonds. The van der Waals surface area contributed by atoms with E-state index >= 15 is 0 Å². The first-order chi connectivity index (χ1) is 10.5. The van der Waals surface area contributed by atoms with Gasteiger partial charge in [0, 0.05) is 13.1 Å². The van der Waals surface area contributed by atoms with Gasteiger partial charge < -0.3 is 15.3 Å². The van der Waals surface area contributed by atoms with Gasteiger partial charge in [-0.2, -0.15) is 0 Å². The number of hydrogen-bond donors (Lipinski definition) is 2. The summed E-state index contributed by atoms with van der Waals surface area (Å²) in [5, 5.41) is 12.0. The van der Waals surface area contributed by atoms with Crippen LogP contribution < -0.4 is 5.32 Å². The molecule has 120 valence electrons. The summed E-state index contributed by atoms with van der Waals surface area (Å²) in [5.41, 5.74) is 0.598. The lowest BCUT2D eigenvalue weighted by Gasteiger charge is -2.19. The van der Waals surface area contributed by atoms with E-state index in [1.54, 1.807) is 24.3 Å². The van der Waals surface area contributed by atoms with Crippen LogP contribution in [0.5, 0.6) is 0 Å². The monoisotopic (exact) mass is 304 g/mol. The molecule has 1 saturated heterocycles. The summed E-state index contributed by atoms with van der Waals surface area (Å²) in [6.45, 7) is 6.90. The number of benzene rings is 1. The second kappa shape index (κ2) is 7.40. The molecular weight excluding hydrogens is 280 g/mol. The summed E-state index contributed by atoms with van der Waals surface area (Å²) in [6, 6.07) is 7.84. The Hall–Kier alpha value is -1.88. The fraction of sp³-hybridized carbons (Fsp3) is 0.529. The number of carboxylic acid groups (broad SMARTS) is 1. The second-order valence-electron chi connectivity index (χ2n) is 6.33. The van der Waals surface area contributed by atoms with E-state index in [-0.39, 0.29) is 11.8 Å². The molecule has 1 aromatic rings. The normalized spacial score (nSPS) is 20.0. The SMILES string of the molecule is CC(C)CN1CC[C@@H](C(=O)N[C@@H](C(=O)O)c2ccccc2)C1. The van der Waals surface area contributed by atoms with Crippen molar-refractivity contribution in [2.75, 3.05) is 19.6 Å². The Morgan fingerprint density at radius 1 is 1.32 bits per heavy atom. The lowest BCUT2D eigenvalue weighted by atomic mass is 10.0. The molecule has 1 aliphatic heterocycles. The van der Waals surface area contributed by atoms with E-state index in [0.29, 0.717) is 18.0 Å². The molecule has 1 aromatic carbocycles. The molecule has 5 nitrogen and oxygen atoms in total. The zero-order chi connectivity index (χ0) is 16.1. The van der Waals surface area contributed by atoms with E-state index in [2.05, 4.69) is 24.1 Å². The lowest BCUT2D eigenvalue weighted by molar-refractivity contribution is -0.142. The molecule has 2 rings (SSSR count). The Kier molecular flexibility index (Phi) is 5.55. The van der Waals surface area contributed by atoms with Gasteiger partial charge in [-0.25, -0.2) is 4.79 Å². The number of rotatable bonds is 6. The van der Waals surface area contributed by atoms with Gasteiger partial charge in [0.25, 0.3) is 0 Å². The van der Waals surface area contributed by atoms with Crippen LogP contribution in [0, 0.1) is 11.8 Å². The minimum atomic E-state index is -1.03. The second-order valence-corrected chi connectivity index (χ2v) is 6.33. The zero-order valence-electron chi connectivity index (χ0n) is 13.2. The first kappa shape index (κ1) is 16.5. The molecule has 22 heavy (non-hydrogen) atoms. The van der Waals surface area contributed by atoms with Crippen molar-refractivity contribution in [2.24, 2.45) is 11.8 Å². The Bertz CT molecular complexity index is 516. The van der Waals surface area contributed by atoms with Crippen LogP contribution in [0.15, 0.2) is 30.3 Å². The van der Waals surface area contributed by atoms with Gasteiger partial charge in [-0.1, -0.05) is 44.2 Å². The maximum Gasteiger partial charge on any atom is 0.330 e. The van der Waals surface area contributed by atoms with Crippen molar-refractivity contribution in [1.29, 1.82) is 0 Å². The topological polar surface area (TPSA) is 69.6 Å². The van der Waals surface area contributed by atoms with E-state index in [9.17, 15) is 14.7 Å². The number of nitrogens with zero attached hydrogens (tertiary/aromatic N) is 1. The molecule has 0 unspecified atom stereocenters. The number of likely N-dealkylation sites (tertiary alicyclic amines) is 1. The Balaban J connectivity index is 1.97. The highest BCUT2D eigenvalue weighted by Crippen LogP contribution is 2.20. The summed E-state index contributed by atoms with van der Waals surface area (Å²) < 4.78 is 0. The molecule has 0 spiro atoms. The number of hydrogen-bond acceptors (Lipinski definition) is 3. The van der Waals surface area contributed by atoms with E-state index in [0.717, 1.165) is 19.5 Å². The van der Waals surface area contributed by atoms with Crippen LogP contribution in [0.3, 0.4) is 0 Å². The van der Waals surface area contributed by atoms with E-state index in [1.807, 2.05) is 6.07 Å². The lowest BCUT2D eigenvalue weighted by Crippen LogP contribution is -2.39. The van der Waals surface area contributed by atoms with Crippen LogP contribution in [-0.4, -0.2) is 41.5 Å². The highest BCUT2D eigenvalue weighted by Gasteiger charge is 2.31. The van der Waals surface area contributed by atoms with Crippen LogP contribution in [0.25, 0.3) is 0 Å². The molecule has 0 saturated carbocycles. The predicted molar refractivity (Wildman–Crippen MR) is 84.3 cm³/mol. The summed E-state index contributed by atoms with van der Waals surface area (Å²) >= 11 is 0. The average Bonchev–Trinajstić information content (AvgIpc) is 2.93. The molecule has 0 aromatic heterocycles. The number of carbonyl (C=O) groups excluding carboxylic acids is 1. The third-order valence-corrected chi connectivity index (χ3v) is 3.93. The van der Waals surface area contributed by atoms with Crippen molar-refractivity contribution in [3.63, 3.8) is 0 Å². The van der Waals surface area contributed by atoms with Crippen molar-refractivity contribution in [2.45, 2.75) is 26.3 Å². The highest BCUT2D eigenvalue weighted by atomic mass is 16.4. The van der Waals surface area contributed by atoms with Crippen LogP contribution >= 0.6 is 0 Å². The predicted octanol–water partition coefficient (Wildman–Crippen LogP) is 1.91. The molecule has 0 bridgehead atoms. The van der Waals surface area contributed by atoms with E-state index in [1.165, 1.54) is 0 Å². The molecule has 5 heteroatoms. The maximum atomic E-state index is 12.4. The largest absolute Gasteiger partial charge is 0.479 e. The van der Waals surface area contributed by atoms with Gasteiger partial charge in [0.05, 0.1) is 5.92 Å². The van der Waals surface area contributed by atoms with Gasteiger partial charge in [0.15, 0.2) is 6.04 Å². The molecule has 1 fully saturated rings. The van der Waals surface area contributed by atoms with Crippen molar-refractivity contribution in [3.05, 3.63) is 35.9 Å². The molecule has 1 aliphatic rings. The van der Waals surface area contributed by atoms with Gasteiger partial charge >= 0.3 is 5.97 Å². The molecule has 1 heterocycles. The van der Waals surface area contributed by atoms with Crippen LogP contribution in [0.4, 0.5) is 0 Å². The van der Waals surface area contributed by atoms with Gasteiger partial charge in [0.2, 0.25) is 5.91 Å².